The van der Waals surface area contributed by atoms with Gasteiger partial charge in [-0.3, -0.25) is 4.99 Å². The van der Waals surface area contributed by atoms with Crippen molar-refractivity contribution in [2.45, 2.75) is 25.1 Å². The molecule has 0 spiro atoms. The van der Waals surface area contributed by atoms with E-state index in [-0.39, 0.29) is 5.97 Å². The minimum absolute atomic E-state index is 0.282. The first-order chi connectivity index (χ1) is 6.75. The molecule has 80 valence electrons. The summed E-state index contributed by atoms with van der Waals surface area (Å²) < 4.78 is 5.04. The first-order valence-corrected chi connectivity index (χ1v) is 5.37. The van der Waals surface area contributed by atoms with Gasteiger partial charge in [-0.1, -0.05) is 13.3 Å². The summed E-state index contributed by atoms with van der Waals surface area (Å²) in [6.07, 6.45) is 3.58. The van der Waals surface area contributed by atoms with Gasteiger partial charge in [0, 0.05) is 6.54 Å². The minimum Gasteiger partial charge on any atom is -0.464 e. The first-order valence-electron chi connectivity index (χ1n) is 4.86. The van der Waals surface area contributed by atoms with Crippen molar-refractivity contribution in [2.75, 3.05) is 19.7 Å². The van der Waals surface area contributed by atoms with Gasteiger partial charge in [0.25, 0.3) is 0 Å². The standard InChI is InChI=1S/C9H16N2O2S/c1-2-3-6-13-9(12)8(14)11-5-4-10-7-11/h7-8,14H,2-6H2,1H3. The number of nitrogens with zero attached hydrogens (tertiary/aromatic N) is 2. The van der Waals surface area contributed by atoms with Gasteiger partial charge < -0.3 is 9.64 Å². The molecule has 0 aromatic rings. The molecule has 0 aromatic heterocycles. The molecule has 0 saturated heterocycles. The highest BCUT2D eigenvalue weighted by Crippen LogP contribution is 2.08. The van der Waals surface area contributed by atoms with Gasteiger partial charge in [-0.05, 0) is 6.42 Å². The molecule has 0 fully saturated rings. The second kappa shape index (κ2) is 5.90. The molecule has 14 heavy (non-hydrogen) atoms. The van der Waals surface area contributed by atoms with Gasteiger partial charge in [0.15, 0.2) is 5.37 Å². The lowest BCUT2D eigenvalue weighted by Gasteiger charge is -2.20. The van der Waals surface area contributed by atoms with Crippen molar-refractivity contribution in [3.05, 3.63) is 0 Å². The summed E-state index contributed by atoms with van der Waals surface area (Å²) in [5.74, 6) is -0.282. The molecule has 0 radical (unpaired) electrons. The van der Waals surface area contributed by atoms with Crippen LogP contribution in [-0.2, 0) is 9.53 Å². The van der Waals surface area contributed by atoms with Crippen molar-refractivity contribution in [3.63, 3.8) is 0 Å². The zero-order chi connectivity index (χ0) is 10.4. The van der Waals surface area contributed by atoms with Crippen molar-refractivity contribution in [3.8, 4) is 0 Å². The van der Waals surface area contributed by atoms with E-state index in [1.54, 1.807) is 11.2 Å². The number of unbranched alkanes of at least 4 members (excludes halogenated alkanes) is 1. The lowest BCUT2D eigenvalue weighted by atomic mass is 10.4. The van der Waals surface area contributed by atoms with E-state index in [0.717, 1.165) is 25.9 Å². The van der Waals surface area contributed by atoms with Gasteiger partial charge in [-0.15, -0.1) is 12.6 Å². The maximum Gasteiger partial charge on any atom is 0.339 e. The van der Waals surface area contributed by atoms with Crippen LogP contribution in [-0.4, -0.2) is 42.3 Å². The van der Waals surface area contributed by atoms with Gasteiger partial charge >= 0.3 is 5.97 Å². The molecule has 0 amide bonds. The molecule has 0 aromatic carbocycles. The summed E-state index contributed by atoms with van der Waals surface area (Å²) in [7, 11) is 0. The quantitative estimate of drug-likeness (QED) is 0.422. The molecule has 0 saturated carbocycles. The van der Waals surface area contributed by atoms with Crippen LogP contribution >= 0.6 is 12.6 Å². The van der Waals surface area contributed by atoms with Crippen molar-refractivity contribution in [1.82, 2.24) is 4.90 Å². The molecule has 1 unspecified atom stereocenters. The third-order valence-electron chi connectivity index (χ3n) is 1.98. The van der Waals surface area contributed by atoms with Gasteiger partial charge in [0.05, 0.1) is 19.5 Å². The van der Waals surface area contributed by atoms with E-state index in [1.807, 2.05) is 0 Å². The Morgan fingerprint density at radius 2 is 2.57 bits per heavy atom. The van der Waals surface area contributed by atoms with Gasteiger partial charge in [0.2, 0.25) is 0 Å². The SMILES string of the molecule is CCCCOC(=O)C(S)N1C=NCC1. The summed E-state index contributed by atoms with van der Waals surface area (Å²) in [5, 5.41) is -0.502. The zero-order valence-electron chi connectivity index (χ0n) is 8.35. The predicted molar refractivity (Wildman–Crippen MR) is 58.7 cm³/mol. The van der Waals surface area contributed by atoms with Crippen molar-refractivity contribution < 1.29 is 9.53 Å². The molecule has 1 aliphatic heterocycles. The minimum atomic E-state index is -0.502. The Morgan fingerprint density at radius 3 is 3.14 bits per heavy atom. The number of hydrogen-bond donors (Lipinski definition) is 1. The van der Waals surface area contributed by atoms with Crippen LogP contribution in [0.4, 0.5) is 0 Å². The largest absolute Gasteiger partial charge is 0.464 e. The highest BCUT2D eigenvalue weighted by Gasteiger charge is 2.22. The van der Waals surface area contributed by atoms with E-state index in [0.29, 0.717) is 6.61 Å². The molecular formula is C9H16N2O2S. The highest BCUT2D eigenvalue weighted by atomic mass is 32.1. The Kier molecular flexibility index (Phi) is 4.79. The Labute approximate surface area is 89.7 Å². The highest BCUT2D eigenvalue weighted by molar-refractivity contribution is 7.81. The number of hydrogen-bond acceptors (Lipinski definition) is 5. The van der Waals surface area contributed by atoms with Crippen LogP contribution in [0.5, 0.6) is 0 Å². The third kappa shape index (κ3) is 3.21. The van der Waals surface area contributed by atoms with Crippen LogP contribution in [0.3, 0.4) is 0 Å². The number of rotatable bonds is 5. The second-order valence-corrected chi connectivity index (χ2v) is 3.64. The van der Waals surface area contributed by atoms with Gasteiger partial charge in [0.1, 0.15) is 0 Å². The summed E-state index contributed by atoms with van der Waals surface area (Å²) in [4.78, 5) is 17.2. The van der Waals surface area contributed by atoms with E-state index in [4.69, 9.17) is 4.74 Å². The monoisotopic (exact) mass is 216 g/mol. The van der Waals surface area contributed by atoms with E-state index >= 15 is 0 Å². The smallest absolute Gasteiger partial charge is 0.339 e. The van der Waals surface area contributed by atoms with E-state index in [2.05, 4.69) is 24.5 Å². The van der Waals surface area contributed by atoms with Crippen LogP contribution < -0.4 is 0 Å². The van der Waals surface area contributed by atoms with Crippen LogP contribution in [0, 0.1) is 0 Å². The molecule has 1 aliphatic rings. The lowest BCUT2D eigenvalue weighted by molar-refractivity contribution is -0.145. The van der Waals surface area contributed by atoms with Crippen LogP contribution in [0.25, 0.3) is 0 Å². The van der Waals surface area contributed by atoms with E-state index in [1.165, 1.54) is 0 Å². The second-order valence-electron chi connectivity index (χ2n) is 3.15. The fourth-order valence-corrected chi connectivity index (χ4v) is 1.36. The topological polar surface area (TPSA) is 41.9 Å². The molecule has 0 N–H and O–H groups in total. The van der Waals surface area contributed by atoms with Crippen LogP contribution in [0.15, 0.2) is 4.99 Å². The number of aliphatic imine (C=N–C) groups is 1. The Morgan fingerprint density at radius 1 is 1.79 bits per heavy atom. The molecule has 1 atom stereocenters. The average Bonchev–Trinajstić information content (AvgIpc) is 2.69. The van der Waals surface area contributed by atoms with Crippen LogP contribution in [0.2, 0.25) is 0 Å². The van der Waals surface area contributed by atoms with Gasteiger partial charge in [-0.2, -0.15) is 0 Å². The maximum atomic E-state index is 11.4. The zero-order valence-corrected chi connectivity index (χ0v) is 9.24. The Balaban J connectivity index is 2.25. The first kappa shape index (κ1) is 11.4. The molecule has 0 bridgehead atoms. The molecule has 1 heterocycles. The number of carbonyl (C=O) groups excluding carboxylic acids is 1. The average molecular weight is 216 g/mol. The Bertz CT molecular complexity index is 221. The van der Waals surface area contributed by atoms with Crippen molar-refractivity contribution in [1.29, 1.82) is 0 Å². The van der Waals surface area contributed by atoms with Gasteiger partial charge in [-0.25, -0.2) is 4.79 Å². The number of carbonyl (C=O) groups is 1. The van der Waals surface area contributed by atoms with E-state index in [9.17, 15) is 4.79 Å². The summed E-state index contributed by atoms with van der Waals surface area (Å²) >= 11 is 4.18. The fraction of sp³-hybridized carbons (Fsp3) is 0.778. The Hall–Kier alpha value is -0.710. The lowest BCUT2D eigenvalue weighted by Crippen LogP contribution is -2.36. The third-order valence-corrected chi connectivity index (χ3v) is 2.49. The number of ether oxygens (including phenoxy) is 1. The van der Waals surface area contributed by atoms with Crippen LogP contribution in [0.1, 0.15) is 19.8 Å². The summed E-state index contributed by atoms with van der Waals surface area (Å²) in [6, 6.07) is 0. The number of thiol groups is 1. The maximum absolute atomic E-state index is 11.4. The van der Waals surface area contributed by atoms with Crippen molar-refractivity contribution in [2.24, 2.45) is 4.99 Å². The predicted octanol–water partition coefficient (Wildman–Crippen LogP) is 0.929. The van der Waals surface area contributed by atoms with E-state index < -0.39 is 5.37 Å². The molecule has 5 heteroatoms. The fourth-order valence-electron chi connectivity index (χ4n) is 1.11. The molecule has 1 rings (SSSR count). The molecular weight excluding hydrogens is 200 g/mol. The van der Waals surface area contributed by atoms with Crippen molar-refractivity contribution >= 4 is 24.9 Å². The summed E-state index contributed by atoms with van der Waals surface area (Å²) in [5.41, 5.74) is 0. The molecule has 0 aliphatic carbocycles. The summed E-state index contributed by atoms with van der Waals surface area (Å²) in [6.45, 7) is 4.02. The normalized spacial score (nSPS) is 17.1. The molecule has 4 nitrogen and oxygen atoms in total. The number of esters is 1.